The zero-order valence-corrected chi connectivity index (χ0v) is 14.2. The molecule has 1 aliphatic rings. The van der Waals surface area contributed by atoms with Gasteiger partial charge in [-0.15, -0.1) is 0 Å². The number of aliphatic imine (C=N–C) groups is 1. The first-order valence-corrected chi connectivity index (χ1v) is 9.91. The molecule has 0 aromatic heterocycles. The summed E-state index contributed by atoms with van der Waals surface area (Å²) < 4.78 is 36.4. The van der Waals surface area contributed by atoms with E-state index in [1.165, 1.54) is 37.5 Å². The van der Waals surface area contributed by atoms with Gasteiger partial charge in [0.25, 0.3) is 0 Å². The first-order valence-electron chi connectivity index (χ1n) is 7.85. The number of halogens is 1. The number of guanidine groups is 1. The molecule has 0 atom stereocenters. The Kier molecular flexibility index (Phi) is 5.98. The van der Waals surface area contributed by atoms with Crippen molar-refractivity contribution in [1.29, 1.82) is 0 Å². The van der Waals surface area contributed by atoms with Gasteiger partial charge in [0.15, 0.2) is 15.8 Å². The minimum atomic E-state index is -3.19. The molecule has 0 spiro atoms. The minimum absolute atomic E-state index is 0.131. The Balaban J connectivity index is 2.05. The van der Waals surface area contributed by atoms with Gasteiger partial charge in [-0.3, -0.25) is 0 Å². The molecule has 1 aromatic carbocycles. The van der Waals surface area contributed by atoms with Crippen molar-refractivity contribution >= 4 is 15.8 Å². The van der Waals surface area contributed by atoms with Gasteiger partial charge >= 0.3 is 0 Å². The van der Waals surface area contributed by atoms with Crippen LogP contribution in [0, 0.1) is 5.82 Å². The van der Waals surface area contributed by atoms with Gasteiger partial charge in [-0.25, -0.2) is 17.8 Å². The summed E-state index contributed by atoms with van der Waals surface area (Å²) in [4.78, 5) is 4.24. The summed E-state index contributed by atoms with van der Waals surface area (Å²) in [5, 5.41) is 3.19. The van der Waals surface area contributed by atoms with Crippen LogP contribution in [0.25, 0.3) is 0 Å². The van der Waals surface area contributed by atoms with Crippen molar-refractivity contribution in [2.75, 3.05) is 6.26 Å². The summed E-state index contributed by atoms with van der Waals surface area (Å²) in [7, 11) is -3.19. The maximum absolute atomic E-state index is 13.4. The van der Waals surface area contributed by atoms with Crippen molar-refractivity contribution in [3.63, 3.8) is 0 Å². The first-order chi connectivity index (χ1) is 10.8. The van der Waals surface area contributed by atoms with E-state index in [0.29, 0.717) is 23.1 Å². The van der Waals surface area contributed by atoms with Gasteiger partial charge in [0, 0.05) is 12.3 Å². The molecule has 5 nitrogen and oxygen atoms in total. The fraction of sp³-hybridized carbons (Fsp3) is 0.562. The van der Waals surface area contributed by atoms with E-state index in [9.17, 15) is 12.8 Å². The predicted molar refractivity (Wildman–Crippen MR) is 90.3 cm³/mol. The number of rotatable bonds is 5. The lowest BCUT2D eigenvalue weighted by Gasteiger charge is -2.23. The van der Waals surface area contributed by atoms with E-state index < -0.39 is 15.7 Å². The number of benzene rings is 1. The molecule has 0 unspecified atom stereocenters. The second kappa shape index (κ2) is 7.77. The van der Waals surface area contributed by atoms with Gasteiger partial charge in [0.05, 0.1) is 12.3 Å². The Bertz CT molecular complexity index is 668. The minimum Gasteiger partial charge on any atom is -0.370 e. The molecule has 0 saturated heterocycles. The summed E-state index contributed by atoms with van der Waals surface area (Å²) in [5.74, 6) is -0.216. The van der Waals surface area contributed by atoms with Crippen LogP contribution in [0.2, 0.25) is 0 Å². The SMILES string of the molecule is CS(=O)(=O)Cc1ccc(F)cc1CN=C(N)NC1CCCCC1. The van der Waals surface area contributed by atoms with Crippen LogP contribution in [0.3, 0.4) is 0 Å². The highest BCUT2D eigenvalue weighted by Gasteiger charge is 2.14. The molecule has 1 saturated carbocycles. The highest BCUT2D eigenvalue weighted by Crippen LogP contribution is 2.18. The summed E-state index contributed by atoms with van der Waals surface area (Å²) >= 11 is 0. The molecule has 0 radical (unpaired) electrons. The Morgan fingerprint density at radius 1 is 1.30 bits per heavy atom. The second-order valence-corrected chi connectivity index (χ2v) is 8.30. The zero-order chi connectivity index (χ0) is 16.9. The van der Waals surface area contributed by atoms with Gasteiger partial charge in [-0.2, -0.15) is 0 Å². The van der Waals surface area contributed by atoms with E-state index in [1.54, 1.807) is 0 Å². The summed E-state index contributed by atoms with van der Waals surface area (Å²) in [6, 6.07) is 4.41. The molecule has 1 aliphatic carbocycles. The highest BCUT2D eigenvalue weighted by molar-refractivity contribution is 7.89. The van der Waals surface area contributed by atoms with Crippen molar-refractivity contribution in [1.82, 2.24) is 5.32 Å². The van der Waals surface area contributed by atoms with Gasteiger partial charge in [0.1, 0.15) is 5.82 Å². The van der Waals surface area contributed by atoms with E-state index in [-0.39, 0.29) is 12.3 Å². The molecular weight excluding hydrogens is 317 g/mol. The quantitative estimate of drug-likeness (QED) is 0.634. The Morgan fingerprint density at radius 3 is 2.65 bits per heavy atom. The molecule has 23 heavy (non-hydrogen) atoms. The average Bonchev–Trinajstić information content (AvgIpc) is 2.47. The molecule has 0 amide bonds. The molecule has 1 aromatic rings. The van der Waals surface area contributed by atoms with Crippen LogP contribution in [0.5, 0.6) is 0 Å². The molecule has 0 bridgehead atoms. The molecule has 128 valence electrons. The number of hydrogen-bond donors (Lipinski definition) is 2. The maximum atomic E-state index is 13.4. The van der Waals surface area contributed by atoms with Gasteiger partial charge < -0.3 is 11.1 Å². The van der Waals surface area contributed by atoms with Crippen LogP contribution >= 0.6 is 0 Å². The number of nitrogens with one attached hydrogen (secondary N) is 1. The molecule has 7 heteroatoms. The largest absolute Gasteiger partial charge is 0.370 e. The fourth-order valence-electron chi connectivity index (χ4n) is 2.84. The first kappa shape index (κ1) is 17.7. The molecule has 0 aliphatic heterocycles. The maximum Gasteiger partial charge on any atom is 0.189 e. The van der Waals surface area contributed by atoms with Gasteiger partial charge in [-0.05, 0) is 36.1 Å². The smallest absolute Gasteiger partial charge is 0.189 e. The van der Waals surface area contributed by atoms with Crippen molar-refractivity contribution < 1.29 is 12.8 Å². The summed E-state index contributed by atoms with van der Waals surface area (Å²) in [6.07, 6.45) is 6.95. The number of hydrogen-bond acceptors (Lipinski definition) is 3. The normalized spacial score (nSPS) is 17.2. The van der Waals surface area contributed by atoms with E-state index in [1.807, 2.05) is 0 Å². The van der Waals surface area contributed by atoms with Crippen LogP contribution < -0.4 is 11.1 Å². The molecule has 1 fully saturated rings. The Morgan fingerprint density at radius 2 is 2.00 bits per heavy atom. The van der Waals surface area contributed by atoms with Crippen molar-refractivity contribution in [2.24, 2.45) is 10.7 Å². The number of nitrogens with two attached hydrogens (primary N) is 1. The van der Waals surface area contributed by atoms with Crippen LogP contribution in [0.15, 0.2) is 23.2 Å². The van der Waals surface area contributed by atoms with Crippen molar-refractivity contribution in [3.05, 3.63) is 35.1 Å². The average molecular weight is 341 g/mol. The highest BCUT2D eigenvalue weighted by atomic mass is 32.2. The second-order valence-electron chi connectivity index (χ2n) is 6.16. The molecule has 3 N–H and O–H groups in total. The van der Waals surface area contributed by atoms with Crippen molar-refractivity contribution in [2.45, 2.75) is 50.4 Å². The lowest BCUT2D eigenvalue weighted by atomic mass is 9.96. The van der Waals surface area contributed by atoms with Crippen LogP contribution in [-0.2, 0) is 22.1 Å². The molecule has 0 heterocycles. The standard InChI is InChI=1S/C16H24FN3O2S/c1-23(21,22)11-12-7-8-14(17)9-13(12)10-19-16(18)20-15-5-3-2-4-6-15/h7-9,15H,2-6,10-11H2,1H3,(H3,18,19,20). The summed E-state index contributed by atoms with van der Waals surface area (Å²) in [6.45, 7) is 0.161. The van der Waals surface area contributed by atoms with Crippen molar-refractivity contribution in [3.8, 4) is 0 Å². The Labute approximate surface area is 137 Å². The van der Waals surface area contributed by atoms with E-state index in [0.717, 1.165) is 19.1 Å². The lowest BCUT2D eigenvalue weighted by molar-refractivity contribution is 0.412. The molecule has 2 rings (SSSR count). The van der Waals surface area contributed by atoms with Crippen LogP contribution in [0.4, 0.5) is 4.39 Å². The lowest BCUT2D eigenvalue weighted by Crippen LogP contribution is -2.41. The van der Waals surface area contributed by atoms with E-state index in [2.05, 4.69) is 10.3 Å². The predicted octanol–water partition coefficient (Wildman–Crippen LogP) is 2.11. The van der Waals surface area contributed by atoms with Crippen LogP contribution in [0.1, 0.15) is 43.2 Å². The fourth-order valence-corrected chi connectivity index (χ4v) is 3.68. The monoisotopic (exact) mass is 341 g/mol. The van der Waals surface area contributed by atoms with Crippen LogP contribution in [-0.4, -0.2) is 26.7 Å². The Hall–Kier alpha value is -1.63. The third-order valence-corrected chi connectivity index (χ3v) is 4.80. The number of sulfone groups is 1. The molecular formula is C16H24FN3O2S. The van der Waals surface area contributed by atoms with Gasteiger partial charge in [-0.1, -0.05) is 25.3 Å². The summed E-state index contributed by atoms with van der Waals surface area (Å²) in [5.41, 5.74) is 7.00. The third-order valence-electron chi connectivity index (χ3n) is 3.96. The topological polar surface area (TPSA) is 84.5 Å². The van der Waals surface area contributed by atoms with E-state index in [4.69, 9.17) is 5.73 Å². The third kappa shape index (κ3) is 6.17. The van der Waals surface area contributed by atoms with E-state index >= 15 is 0 Å². The zero-order valence-electron chi connectivity index (χ0n) is 13.4. The number of nitrogens with zero attached hydrogens (tertiary/aromatic N) is 1. The van der Waals surface area contributed by atoms with Gasteiger partial charge in [0.2, 0.25) is 0 Å².